The smallest absolute Gasteiger partial charge is 0.270 e. The molecular formula is C16H23N3OS2. The van der Waals surface area contributed by atoms with Crippen molar-refractivity contribution in [3.8, 4) is 9.88 Å². The van der Waals surface area contributed by atoms with Crippen molar-refractivity contribution in [2.75, 3.05) is 13.1 Å². The molecule has 6 heteroatoms. The standard InChI is InChI=1S/C16H23N3OS2/c1-11(2)19(12(3)4)8-7-17-15(20)13-10-22-16(18-13)14-6-5-9-21-14/h5-6,9-12H,7-8H2,1-4H3,(H,17,20). The van der Waals surface area contributed by atoms with Gasteiger partial charge in [0.05, 0.1) is 4.88 Å². The normalized spacial score (nSPS) is 11.6. The van der Waals surface area contributed by atoms with Crippen LogP contribution in [-0.4, -0.2) is 41.0 Å². The highest BCUT2D eigenvalue weighted by Gasteiger charge is 2.15. The molecule has 0 unspecified atom stereocenters. The summed E-state index contributed by atoms with van der Waals surface area (Å²) >= 11 is 3.15. The number of nitrogens with one attached hydrogen (secondary N) is 1. The molecule has 2 heterocycles. The summed E-state index contributed by atoms with van der Waals surface area (Å²) in [6.45, 7) is 10.2. The van der Waals surface area contributed by atoms with Gasteiger partial charge in [-0.3, -0.25) is 9.69 Å². The number of carbonyl (C=O) groups excluding carboxylic acids is 1. The minimum Gasteiger partial charge on any atom is -0.349 e. The fourth-order valence-electron chi connectivity index (χ4n) is 2.39. The summed E-state index contributed by atoms with van der Waals surface area (Å²) in [4.78, 5) is 20.1. The Kier molecular flexibility index (Phi) is 6.11. The second-order valence-electron chi connectivity index (χ2n) is 5.70. The van der Waals surface area contributed by atoms with E-state index < -0.39 is 0 Å². The van der Waals surface area contributed by atoms with Gasteiger partial charge in [0, 0.05) is 30.6 Å². The van der Waals surface area contributed by atoms with Crippen molar-refractivity contribution in [2.45, 2.75) is 39.8 Å². The Bertz CT molecular complexity index is 582. The number of hydrogen-bond donors (Lipinski definition) is 1. The molecule has 0 saturated carbocycles. The van der Waals surface area contributed by atoms with Crippen LogP contribution in [-0.2, 0) is 0 Å². The Morgan fingerprint density at radius 2 is 2.00 bits per heavy atom. The van der Waals surface area contributed by atoms with Crippen LogP contribution in [0.2, 0.25) is 0 Å². The van der Waals surface area contributed by atoms with Crippen molar-refractivity contribution < 1.29 is 4.79 Å². The third kappa shape index (κ3) is 4.38. The Labute approximate surface area is 140 Å². The van der Waals surface area contributed by atoms with Gasteiger partial charge in [-0.05, 0) is 39.1 Å². The van der Waals surface area contributed by atoms with Crippen LogP contribution >= 0.6 is 22.7 Å². The molecule has 2 aromatic heterocycles. The summed E-state index contributed by atoms with van der Waals surface area (Å²) in [6, 6.07) is 4.96. The lowest BCUT2D eigenvalue weighted by Gasteiger charge is -2.30. The van der Waals surface area contributed by atoms with E-state index in [9.17, 15) is 4.79 Å². The number of thiazole rings is 1. The molecule has 1 amide bonds. The fourth-order valence-corrected chi connectivity index (χ4v) is 4.01. The maximum atomic E-state index is 12.2. The quantitative estimate of drug-likeness (QED) is 0.837. The molecule has 0 aromatic carbocycles. The van der Waals surface area contributed by atoms with Gasteiger partial charge < -0.3 is 5.32 Å². The molecule has 0 aliphatic heterocycles. The molecule has 1 N–H and O–H groups in total. The molecule has 0 saturated heterocycles. The largest absolute Gasteiger partial charge is 0.349 e. The average molecular weight is 338 g/mol. The van der Waals surface area contributed by atoms with Crippen LogP contribution < -0.4 is 5.32 Å². The number of thiophene rings is 1. The van der Waals surface area contributed by atoms with E-state index in [1.165, 1.54) is 11.3 Å². The zero-order chi connectivity index (χ0) is 16.1. The van der Waals surface area contributed by atoms with E-state index in [1.807, 2.05) is 22.9 Å². The number of rotatable bonds is 7. The molecule has 0 fully saturated rings. The highest BCUT2D eigenvalue weighted by Crippen LogP contribution is 2.27. The van der Waals surface area contributed by atoms with E-state index in [-0.39, 0.29) is 5.91 Å². The topological polar surface area (TPSA) is 45.2 Å². The Morgan fingerprint density at radius 3 is 2.59 bits per heavy atom. The highest BCUT2D eigenvalue weighted by molar-refractivity contribution is 7.20. The van der Waals surface area contributed by atoms with Gasteiger partial charge in [0.2, 0.25) is 0 Å². The van der Waals surface area contributed by atoms with Crippen molar-refractivity contribution in [1.29, 1.82) is 0 Å². The molecule has 0 bridgehead atoms. The second kappa shape index (κ2) is 7.85. The number of hydrogen-bond acceptors (Lipinski definition) is 5. The minimum atomic E-state index is -0.0912. The lowest BCUT2D eigenvalue weighted by molar-refractivity contribution is 0.0935. The van der Waals surface area contributed by atoms with Crippen molar-refractivity contribution in [3.05, 3.63) is 28.6 Å². The first-order valence-corrected chi connectivity index (χ1v) is 9.28. The van der Waals surface area contributed by atoms with Gasteiger partial charge in [0.25, 0.3) is 5.91 Å². The predicted octanol–water partition coefficient (Wildman–Crippen LogP) is 3.72. The van der Waals surface area contributed by atoms with Crippen LogP contribution in [0.5, 0.6) is 0 Å². The van der Waals surface area contributed by atoms with Gasteiger partial charge in [0.15, 0.2) is 0 Å². The summed E-state index contributed by atoms with van der Waals surface area (Å²) < 4.78 is 0. The van der Waals surface area contributed by atoms with E-state index in [0.717, 1.165) is 16.4 Å². The minimum absolute atomic E-state index is 0.0912. The van der Waals surface area contributed by atoms with Gasteiger partial charge in [-0.25, -0.2) is 4.98 Å². The van der Waals surface area contributed by atoms with Crippen molar-refractivity contribution in [1.82, 2.24) is 15.2 Å². The zero-order valence-electron chi connectivity index (χ0n) is 13.5. The molecule has 0 radical (unpaired) electrons. The predicted molar refractivity (Wildman–Crippen MR) is 94.7 cm³/mol. The Hall–Kier alpha value is -1.24. The van der Waals surface area contributed by atoms with Crippen molar-refractivity contribution >= 4 is 28.6 Å². The third-order valence-electron chi connectivity index (χ3n) is 3.45. The first-order valence-electron chi connectivity index (χ1n) is 7.52. The van der Waals surface area contributed by atoms with E-state index in [2.05, 4.69) is 42.9 Å². The summed E-state index contributed by atoms with van der Waals surface area (Å²) in [5.74, 6) is -0.0912. The molecule has 4 nitrogen and oxygen atoms in total. The van der Waals surface area contributed by atoms with Gasteiger partial charge in [-0.1, -0.05) is 6.07 Å². The molecule has 0 atom stereocenters. The van der Waals surface area contributed by atoms with Gasteiger partial charge in [0.1, 0.15) is 10.7 Å². The zero-order valence-corrected chi connectivity index (χ0v) is 15.1. The SMILES string of the molecule is CC(C)N(CCNC(=O)c1csc(-c2cccs2)n1)C(C)C. The number of carbonyl (C=O) groups is 1. The first-order chi connectivity index (χ1) is 10.5. The fraction of sp³-hybridized carbons (Fsp3) is 0.500. The highest BCUT2D eigenvalue weighted by atomic mass is 32.1. The number of amides is 1. The summed E-state index contributed by atoms with van der Waals surface area (Å²) in [7, 11) is 0. The molecular weight excluding hydrogens is 314 g/mol. The van der Waals surface area contributed by atoms with E-state index in [0.29, 0.717) is 24.3 Å². The average Bonchev–Trinajstić information content (AvgIpc) is 3.11. The third-order valence-corrected chi connectivity index (χ3v) is 5.33. The lowest BCUT2D eigenvalue weighted by Crippen LogP contribution is -2.42. The Balaban J connectivity index is 1.88. The number of nitrogens with zero attached hydrogens (tertiary/aromatic N) is 2. The molecule has 0 aliphatic rings. The molecule has 22 heavy (non-hydrogen) atoms. The van der Waals surface area contributed by atoms with Crippen LogP contribution in [0.4, 0.5) is 0 Å². The van der Waals surface area contributed by atoms with Crippen LogP contribution in [0, 0.1) is 0 Å². The van der Waals surface area contributed by atoms with E-state index >= 15 is 0 Å². The lowest BCUT2D eigenvalue weighted by atomic mass is 10.2. The van der Waals surface area contributed by atoms with Gasteiger partial charge >= 0.3 is 0 Å². The molecule has 0 spiro atoms. The van der Waals surface area contributed by atoms with Crippen LogP contribution in [0.15, 0.2) is 22.9 Å². The molecule has 2 aromatic rings. The second-order valence-corrected chi connectivity index (χ2v) is 7.50. The van der Waals surface area contributed by atoms with Gasteiger partial charge in [-0.2, -0.15) is 0 Å². The maximum absolute atomic E-state index is 12.2. The Morgan fingerprint density at radius 1 is 1.27 bits per heavy atom. The number of aromatic nitrogens is 1. The van der Waals surface area contributed by atoms with Crippen molar-refractivity contribution in [3.63, 3.8) is 0 Å². The van der Waals surface area contributed by atoms with E-state index in [4.69, 9.17) is 0 Å². The monoisotopic (exact) mass is 337 g/mol. The molecule has 0 aliphatic carbocycles. The van der Waals surface area contributed by atoms with Gasteiger partial charge in [-0.15, -0.1) is 22.7 Å². The molecule has 2 rings (SSSR count). The van der Waals surface area contributed by atoms with Crippen molar-refractivity contribution in [2.24, 2.45) is 0 Å². The summed E-state index contributed by atoms with van der Waals surface area (Å²) in [5.41, 5.74) is 0.508. The van der Waals surface area contributed by atoms with Crippen LogP contribution in [0.1, 0.15) is 38.2 Å². The van der Waals surface area contributed by atoms with Crippen LogP contribution in [0.3, 0.4) is 0 Å². The van der Waals surface area contributed by atoms with Crippen LogP contribution in [0.25, 0.3) is 9.88 Å². The van der Waals surface area contributed by atoms with E-state index in [1.54, 1.807) is 11.3 Å². The summed E-state index contributed by atoms with van der Waals surface area (Å²) in [5, 5.41) is 7.72. The molecule has 120 valence electrons. The summed E-state index contributed by atoms with van der Waals surface area (Å²) in [6.07, 6.45) is 0. The first kappa shape index (κ1) is 17.1. The maximum Gasteiger partial charge on any atom is 0.270 e.